The molecule has 0 bridgehead atoms. The van der Waals surface area contributed by atoms with Crippen molar-refractivity contribution < 1.29 is 4.39 Å². The fourth-order valence-corrected chi connectivity index (χ4v) is 3.78. The van der Waals surface area contributed by atoms with Gasteiger partial charge in [0, 0.05) is 40.2 Å². The predicted octanol–water partition coefficient (Wildman–Crippen LogP) is 5.09. The third-order valence-electron chi connectivity index (χ3n) is 5.03. The standard InChI is InChI=1S/C22H17ClFN5/c1-13-6-7-15(11-19(13)24)27-22-26-12-14-10-17(16-4-2-3-5-18(16)23)21-25-8-9-29(21)20(14)28-22/h2-7,10-12H,8-9H2,1H3,(H,26,27,28). The number of nitrogens with one attached hydrogen (secondary N) is 1. The molecule has 2 aromatic carbocycles. The molecule has 7 heteroatoms. The van der Waals surface area contributed by atoms with Crippen LogP contribution in [0.2, 0.25) is 5.02 Å². The lowest BCUT2D eigenvalue weighted by molar-refractivity contribution is 0.619. The van der Waals surface area contributed by atoms with E-state index >= 15 is 0 Å². The van der Waals surface area contributed by atoms with E-state index in [1.54, 1.807) is 25.3 Å². The van der Waals surface area contributed by atoms with Gasteiger partial charge in [0.2, 0.25) is 5.95 Å². The van der Waals surface area contributed by atoms with E-state index in [-0.39, 0.29) is 5.82 Å². The fourth-order valence-electron chi connectivity index (χ4n) is 3.54. The number of aryl methyl sites for hydroxylation is 1. The fraction of sp³-hybridized carbons (Fsp3) is 0.136. The molecule has 0 saturated carbocycles. The highest BCUT2D eigenvalue weighted by atomic mass is 35.5. The van der Waals surface area contributed by atoms with Crippen LogP contribution in [-0.4, -0.2) is 28.9 Å². The summed E-state index contributed by atoms with van der Waals surface area (Å²) in [4.78, 5) is 15.8. The summed E-state index contributed by atoms with van der Waals surface area (Å²) in [6.45, 7) is 3.15. The molecule has 144 valence electrons. The van der Waals surface area contributed by atoms with Gasteiger partial charge in [0.25, 0.3) is 0 Å². The summed E-state index contributed by atoms with van der Waals surface area (Å²) in [7, 11) is 0. The molecule has 0 aliphatic carbocycles. The minimum atomic E-state index is -0.269. The largest absolute Gasteiger partial charge is 0.324 e. The normalized spacial score (nSPS) is 14.8. The molecule has 5 rings (SSSR count). The summed E-state index contributed by atoms with van der Waals surface area (Å²) in [5.41, 5.74) is 3.98. The minimum Gasteiger partial charge on any atom is -0.324 e. The molecular weight excluding hydrogens is 389 g/mol. The number of rotatable bonds is 3. The number of anilines is 3. The maximum Gasteiger partial charge on any atom is 0.229 e. The second kappa shape index (κ2) is 6.97. The number of amidine groups is 1. The highest BCUT2D eigenvalue weighted by molar-refractivity contribution is 6.40. The van der Waals surface area contributed by atoms with E-state index in [4.69, 9.17) is 11.6 Å². The average Bonchev–Trinajstić information content (AvgIpc) is 3.21. The number of hydrogen-bond acceptors (Lipinski definition) is 5. The van der Waals surface area contributed by atoms with Gasteiger partial charge in [-0.3, -0.25) is 4.99 Å². The van der Waals surface area contributed by atoms with E-state index in [0.29, 0.717) is 28.8 Å². The van der Waals surface area contributed by atoms with Gasteiger partial charge in [-0.05, 0) is 36.8 Å². The summed E-state index contributed by atoms with van der Waals surface area (Å²) in [5, 5.41) is 3.76. The SMILES string of the molecule is Cc1ccc(Nc2ncc3c(n2)N2CCN=C2C(c2ccccc2Cl)=C3)cc1F. The monoisotopic (exact) mass is 405 g/mol. The van der Waals surface area contributed by atoms with Gasteiger partial charge >= 0.3 is 0 Å². The van der Waals surface area contributed by atoms with E-state index in [0.717, 1.165) is 34.9 Å². The van der Waals surface area contributed by atoms with E-state index in [2.05, 4.69) is 25.2 Å². The smallest absolute Gasteiger partial charge is 0.229 e. The summed E-state index contributed by atoms with van der Waals surface area (Å²) in [6.07, 6.45) is 3.79. The lowest BCUT2D eigenvalue weighted by atomic mass is 9.98. The van der Waals surface area contributed by atoms with Crippen molar-refractivity contribution in [1.29, 1.82) is 0 Å². The number of hydrogen-bond donors (Lipinski definition) is 1. The molecule has 5 nitrogen and oxygen atoms in total. The number of halogens is 2. The molecular formula is C22H17ClFN5. The average molecular weight is 406 g/mol. The van der Waals surface area contributed by atoms with Crippen LogP contribution in [0.5, 0.6) is 0 Å². The molecule has 3 aromatic rings. The molecule has 2 aliphatic heterocycles. The second-order valence-electron chi connectivity index (χ2n) is 6.96. The topological polar surface area (TPSA) is 53.4 Å². The molecule has 1 N–H and O–H groups in total. The van der Waals surface area contributed by atoms with E-state index < -0.39 is 0 Å². The third kappa shape index (κ3) is 3.15. The van der Waals surface area contributed by atoms with E-state index in [1.165, 1.54) is 6.07 Å². The number of aliphatic imine (C=N–C) groups is 1. The first-order valence-electron chi connectivity index (χ1n) is 9.29. The molecule has 0 unspecified atom stereocenters. The summed E-state index contributed by atoms with van der Waals surface area (Å²) in [6, 6.07) is 12.7. The van der Waals surface area contributed by atoms with Gasteiger partial charge in [0.05, 0.1) is 6.54 Å². The van der Waals surface area contributed by atoms with Crippen molar-refractivity contribution in [1.82, 2.24) is 9.97 Å². The van der Waals surface area contributed by atoms with Crippen LogP contribution in [0.4, 0.5) is 21.8 Å². The number of benzene rings is 2. The maximum atomic E-state index is 13.8. The lowest BCUT2D eigenvalue weighted by Crippen LogP contribution is -2.32. The third-order valence-corrected chi connectivity index (χ3v) is 5.35. The van der Waals surface area contributed by atoms with Gasteiger partial charge in [0.1, 0.15) is 17.5 Å². The van der Waals surface area contributed by atoms with Crippen molar-refractivity contribution in [2.75, 3.05) is 23.3 Å². The molecule has 0 atom stereocenters. The van der Waals surface area contributed by atoms with Gasteiger partial charge in [-0.15, -0.1) is 0 Å². The van der Waals surface area contributed by atoms with E-state index in [1.807, 2.05) is 30.3 Å². The summed E-state index contributed by atoms with van der Waals surface area (Å²) < 4.78 is 13.8. The molecule has 29 heavy (non-hydrogen) atoms. The van der Waals surface area contributed by atoms with Crippen molar-refractivity contribution in [2.45, 2.75) is 6.92 Å². The predicted molar refractivity (Wildman–Crippen MR) is 115 cm³/mol. The van der Waals surface area contributed by atoms with Crippen molar-refractivity contribution in [3.8, 4) is 0 Å². The number of fused-ring (bicyclic) bond motifs is 3. The van der Waals surface area contributed by atoms with Crippen LogP contribution in [0.25, 0.3) is 11.6 Å². The number of nitrogens with zero attached hydrogens (tertiary/aromatic N) is 4. The summed E-state index contributed by atoms with van der Waals surface area (Å²) >= 11 is 6.43. The van der Waals surface area contributed by atoms with Gasteiger partial charge in [-0.1, -0.05) is 35.9 Å². The van der Waals surface area contributed by atoms with Crippen LogP contribution in [-0.2, 0) is 0 Å². The zero-order chi connectivity index (χ0) is 20.0. The molecule has 1 aromatic heterocycles. The molecule has 0 saturated heterocycles. The van der Waals surface area contributed by atoms with Crippen LogP contribution < -0.4 is 10.2 Å². The molecule has 0 fully saturated rings. The number of aromatic nitrogens is 2. The first kappa shape index (κ1) is 17.8. The van der Waals surface area contributed by atoms with Crippen molar-refractivity contribution >= 4 is 46.5 Å². The Labute approximate surface area is 172 Å². The Balaban J connectivity index is 1.55. The zero-order valence-electron chi connectivity index (χ0n) is 15.7. The minimum absolute atomic E-state index is 0.269. The lowest BCUT2D eigenvalue weighted by Gasteiger charge is -2.27. The second-order valence-corrected chi connectivity index (χ2v) is 7.36. The molecule has 3 heterocycles. The Bertz CT molecular complexity index is 1190. The highest BCUT2D eigenvalue weighted by Crippen LogP contribution is 2.37. The molecule has 0 radical (unpaired) electrons. The van der Waals surface area contributed by atoms with Crippen molar-refractivity contribution in [3.05, 3.63) is 76.2 Å². The first-order valence-corrected chi connectivity index (χ1v) is 9.67. The van der Waals surface area contributed by atoms with Crippen LogP contribution in [0.1, 0.15) is 16.7 Å². The molecule has 0 spiro atoms. The van der Waals surface area contributed by atoms with Crippen molar-refractivity contribution in [2.24, 2.45) is 4.99 Å². The molecule has 2 aliphatic rings. The highest BCUT2D eigenvalue weighted by Gasteiger charge is 2.31. The Morgan fingerprint density at radius 1 is 1.17 bits per heavy atom. The Hall–Kier alpha value is -3.25. The van der Waals surface area contributed by atoms with Crippen LogP contribution in [0.15, 0.2) is 53.7 Å². The quantitative estimate of drug-likeness (QED) is 0.659. The van der Waals surface area contributed by atoms with Crippen molar-refractivity contribution in [3.63, 3.8) is 0 Å². The zero-order valence-corrected chi connectivity index (χ0v) is 16.4. The van der Waals surface area contributed by atoms with Crippen LogP contribution >= 0.6 is 11.6 Å². The summed E-state index contributed by atoms with van der Waals surface area (Å²) in [5.74, 6) is 1.78. The first-order chi connectivity index (χ1) is 14.1. The van der Waals surface area contributed by atoms with Gasteiger partial charge in [-0.25, -0.2) is 9.37 Å². The van der Waals surface area contributed by atoms with Gasteiger partial charge in [-0.2, -0.15) is 4.98 Å². The van der Waals surface area contributed by atoms with Gasteiger partial charge in [0.15, 0.2) is 0 Å². The Morgan fingerprint density at radius 3 is 2.86 bits per heavy atom. The van der Waals surface area contributed by atoms with Gasteiger partial charge < -0.3 is 10.2 Å². The van der Waals surface area contributed by atoms with Crippen LogP contribution in [0.3, 0.4) is 0 Å². The van der Waals surface area contributed by atoms with E-state index in [9.17, 15) is 4.39 Å². The van der Waals surface area contributed by atoms with Crippen LogP contribution in [0, 0.1) is 12.7 Å². The molecule has 0 amide bonds. The Kier molecular flexibility index (Phi) is 4.28. The Morgan fingerprint density at radius 2 is 2.03 bits per heavy atom. The maximum absolute atomic E-state index is 13.8.